The summed E-state index contributed by atoms with van der Waals surface area (Å²) in [5, 5.41) is 12.2. The van der Waals surface area contributed by atoms with Gasteiger partial charge in [-0.3, -0.25) is 4.79 Å². The van der Waals surface area contributed by atoms with E-state index in [1.54, 1.807) is 6.07 Å². The molecule has 1 atom stereocenters. The summed E-state index contributed by atoms with van der Waals surface area (Å²) in [5.41, 5.74) is 7.62. The molecule has 0 aromatic carbocycles. The molecule has 114 valence electrons. The van der Waals surface area contributed by atoms with Gasteiger partial charge in [0, 0.05) is 5.69 Å². The molecule has 1 aliphatic carbocycles. The van der Waals surface area contributed by atoms with E-state index in [0.29, 0.717) is 6.42 Å². The van der Waals surface area contributed by atoms with Crippen LogP contribution in [0.1, 0.15) is 48.3 Å². The number of pyridine rings is 1. The monoisotopic (exact) mass is 291 g/mol. The van der Waals surface area contributed by atoms with Crippen LogP contribution in [0.15, 0.2) is 6.07 Å². The lowest BCUT2D eigenvalue weighted by Crippen LogP contribution is -2.32. The second kappa shape index (κ2) is 6.11. The van der Waals surface area contributed by atoms with Crippen molar-refractivity contribution in [3.8, 4) is 0 Å². The Kier molecular flexibility index (Phi) is 4.45. The molecule has 0 saturated carbocycles. The average molecular weight is 291 g/mol. The lowest BCUT2D eigenvalue weighted by molar-refractivity contribution is -0.138. The predicted molar refractivity (Wildman–Crippen MR) is 79.3 cm³/mol. The largest absolute Gasteiger partial charge is 0.480 e. The Bertz CT molecular complexity index is 570. The predicted octanol–water partition coefficient (Wildman–Crippen LogP) is 1.58. The zero-order valence-electron chi connectivity index (χ0n) is 12.3. The number of anilines is 1. The van der Waals surface area contributed by atoms with Crippen molar-refractivity contribution < 1.29 is 14.7 Å². The maximum atomic E-state index is 11.6. The van der Waals surface area contributed by atoms with Crippen LogP contribution < -0.4 is 11.1 Å². The lowest BCUT2D eigenvalue weighted by atomic mass is 10.0. The van der Waals surface area contributed by atoms with E-state index in [1.807, 2.05) is 13.8 Å². The van der Waals surface area contributed by atoms with E-state index >= 15 is 0 Å². The fourth-order valence-corrected chi connectivity index (χ4v) is 2.63. The van der Waals surface area contributed by atoms with Crippen LogP contribution in [0.3, 0.4) is 0 Å². The zero-order chi connectivity index (χ0) is 15.6. The summed E-state index contributed by atoms with van der Waals surface area (Å²) in [4.78, 5) is 27.4. The number of hydrogen-bond acceptors (Lipinski definition) is 4. The average Bonchev–Trinajstić information content (AvgIpc) is 2.83. The Morgan fingerprint density at radius 1 is 1.43 bits per heavy atom. The van der Waals surface area contributed by atoms with E-state index < -0.39 is 17.9 Å². The van der Waals surface area contributed by atoms with Crippen LogP contribution in [0.4, 0.5) is 5.82 Å². The van der Waals surface area contributed by atoms with Gasteiger partial charge in [-0.1, -0.05) is 13.8 Å². The van der Waals surface area contributed by atoms with Gasteiger partial charge in [0.2, 0.25) is 0 Å². The highest BCUT2D eigenvalue weighted by atomic mass is 16.4. The molecule has 0 fully saturated rings. The van der Waals surface area contributed by atoms with Crippen LogP contribution in [0.5, 0.6) is 0 Å². The topological polar surface area (TPSA) is 105 Å². The highest BCUT2D eigenvalue weighted by Crippen LogP contribution is 2.26. The molecule has 1 aromatic heterocycles. The summed E-state index contributed by atoms with van der Waals surface area (Å²) in [6, 6.07) is 0.962. The Balaban J connectivity index is 2.33. The van der Waals surface area contributed by atoms with Gasteiger partial charge < -0.3 is 16.2 Å². The number of carbonyl (C=O) groups excluding carboxylic acids is 1. The summed E-state index contributed by atoms with van der Waals surface area (Å²) in [5.74, 6) is -1.05. The third kappa shape index (κ3) is 3.51. The number of nitrogens with one attached hydrogen (secondary N) is 1. The summed E-state index contributed by atoms with van der Waals surface area (Å²) < 4.78 is 0. The van der Waals surface area contributed by atoms with Crippen LogP contribution >= 0.6 is 0 Å². The Morgan fingerprint density at radius 2 is 2.14 bits per heavy atom. The normalized spacial score (nSPS) is 14.8. The number of rotatable bonds is 6. The number of fused-ring (bicyclic) bond motifs is 1. The highest BCUT2D eigenvalue weighted by Gasteiger charge is 2.24. The first kappa shape index (κ1) is 15.3. The van der Waals surface area contributed by atoms with Crippen LogP contribution in [0.2, 0.25) is 0 Å². The maximum absolute atomic E-state index is 11.6. The summed E-state index contributed by atoms with van der Waals surface area (Å²) >= 11 is 0. The number of hydrogen-bond donors (Lipinski definition) is 3. The molecule has 1 heterocycles. The zero-order valence-corrected chi connectivity index (χ0v) is 12.3. The van der Waals surface area contributed by atoms with Gasteiger partial charge in [-0.2, -0.15) is 0 Å². The third-order valence-corrected chi connectivity index (χ3v) is 3.63. The van der Waals surface area contributed by atoms with Crippen molar-refractivity contribution in [1.82, 2.24) is 4.98 Å². The highest BCUT2D eigenvalue weighted by molar-refractivity contribution is 5.98. The first-order valence-electron chi connectivity index (χ1n) is 7.20. The second-order valence-corrected chi connectivity index (χ2v) is 5.87. The molecule has 0 aliphatic heterocycles. The second-order valence-electron chi connectivity index (χ2n) is 5.87. The van der Waals surface area contributed by atoms with Crippen molar-refractivity contribution in [3.63, 3.8) is 0 Å². The van der Waals surface area contributed by atoms with Gasteiger partial charge in [-0.15, -0.1) is 0 Å². The van der Waals surface area contributed by atoms with E-state index in [2.05, 4.69) is 10.3 Å². The van der Waals surface area contributed by atoms with E-state index in [-0.39, 0.29) is 17.3 Å². The standard InChI is InChI=1S/C15H21N3O3/c1-8(2)6-12(15(20)21)18-14-10(13(16)19)7-9-4-3-5-11(9)17-14/h7-8,12H,3-6H2,1-2H3,(H2,16,19)(H,17,18)(H,20,21). The Labute approximate surface area is 123 Å². The number of aryl methyl sites for hydroxylation is 2. The minimum absolute atomic E-state index is 0.213. The number of nitrogens with two attached hydrogens (primary N) is 1. The smallest absolute Gasteiger partial charge is 0.326 e. The molecule has 1 unspecified atom stereocenters. The van der Waals surface area contributed by atoms with Gasteiger partial charge in [0.25, 0.3) is 5.91 Å². The molecule has 6 nitrogen and oxygen atoms in total. The fourth-order valence-electron chi connectivity index (χ4n) is 2.63. The lowest BCUT2D eigenvalue weighted by Gasteiger charge is -2.19. The number of aromatic nitrogens is 1. The summed E-state index contributed by atoms with van der Waals surface area (Å²) in [6.45, 7) is 3.89. The van der Waals surface area contributed by atoms with Gasteiger partial charge >= 0.3 is 5.97 Å². The molecule has 1 aliphatic rings. The van der Waals surface area contributed by atoms with Gasteiger partial charge in [0.1, 0.15) is 11.9 Å². The van der Waals surface area contributed by atoms with E-state index in [9.17, 15) is 14.7 Å². The summed E-state index contributed by atoms with van der Waals surface area (Å²) in [6.07, 6.45) is 3.19. The Hall–Kier alpha value is -2.11. The van der Waals surface area contributed by atoms with Crippen LogP contribution in [-0.2, 0) is 17.6 Å². The minimum Gasteiger partial charge on any atom is -0.480 e. The molecule has 0 saturated heterocycles. The number of primary amides is 1. The third-order valence-electron chi connectivity index (χ3n) is 3.63. The van der Waals surface area contributed by atoms with Crippen LogP contribution in [-0.4, -0.2) is 28.0 Å². The van der Waals surface area contributed by atoms with Crippen LogP contribution in [0, 0.1) is 5.92 Å². The van der Waals surface area contributed by atoms with E-state index in [0.717, 1.165) is 30.5 Å². The number of amides is 1. The maximum Gasteiger partial charge on any atom is 0.326 e. The fraction of sp³-hybridized carbons (Fsp3) is 0.533. The van der Waals surface area contributed by atoms with Crippen molar-refractivity contribution in [2.24, 2.45) is 11.7 Å². The van der Waals surface area contributed by atoms with Crippen molar-refractivity contribution in [2.45, 2.75) is 45.6 Å². The number of aliphatic carboxylic acids is 1. The van der Waals surface area contributed by atoms with Crippen molar-refractivity contribution in [1.29, 1.82) is 0 Å². The van der Waals surface area contributed by atoms with Gasteiger partial charge in [-0.25, -0.2) is 9.78 Å². The molecule has 21 heavy (non-hydrogen) atoms. The molecular weight excluding hydrogens is 270 g/mol. The molecule has 1 amide bonds. The van der Waals surface area contributed by atoms with Crippen molar-refractivity contribution >= 4 is 17.7 Å². The SMILES string of the molecule is CC(C)CC(Nc1nc2c(cc1C(N)=O)CCC2)C(=O)O. The molecular formula is C15H21N3O3. The number of nitrogens with zero attached hydrogens (tertiary/aromatic N) is 1. The van der Waals surface area contributed by atoms with Gasteiger partial charge in [-0.05, 0) is 43.2 Å². The molecule has 2 rings (SSSR count). The number of carbonyl (C=O) groups is 2. The first-order chi connectivity index (χ1) is 9.88. The molecule has 0 spiro atoms. The van der Waals surface area contributed by atoms with Gasteiger partial charge in [0.15, 0.2) is 0 Å². The Morgan fingerprint density at radius 3 is 2.71 bits per heavy atom. The minimum atomic E-state index is -0.957. The van der Waals surface area contributed by atoms with Crippen molar-refractivity contribution in [2.75, 3.05) is 5.32 Å². The van der Waals surface area contributed by atoms with E-state index in [4.69, 9.17) is 5.73 Å². The van der Waals surface area contributed by atoms with E-state index in [1.165, 1.54) is 0 Å². The van der Waals surface area contributed by atoms with Crippen LogP contribution in [0.25, 0.3) is 0 Å². The first-order valence-corrected chi connectivity index (χ1v) is 7.20. The molecule has 1 aromatic rings. The number of carboxylic acids is 1. The van der Waals surface area contributed by atoms with Gasteiger partial charge in [0.05, 0.1) is 5.56 Å². The number of carboxylic acid groups (broad SMARTS) is 1. The molecule has 6 heteroatoms. The summed E-state index contributed by atoms with van der Waals surface area (Å²) in [7, 11) is 0. The van der Waals surface area contributed by atoms with Crippen molar-refractivity contribution in [3.05, 3.63) is 22.9 Å². The molecule has 0 radical (unpaired) electrons. The molecule has 4 N–H and O–H groups in total. The molecule has 0 bridgehead atoms. The quantitative estimate of drug-likeness (QED) is 0.738.